The van der Waals surface area contributed by atoms with Crippen LogP contribution in [0.2, 0.25) is 0 Å². The van der Waals surface area contributed by atoms with Crippen molar-refractivity contribution in [2.45, 2.75) is 6.92 Å². The maximum Gasteiger partial charge on any atom is 1.00 e. The number of rotatable bonds is 2. The first-order valence-corrected chi connectivity index (χ1v) is 2.27. The molecule has 3 heteroatoms. The standard InChI is InChI=1S/C6H8O2.Cs/c1-2-3-4-5-6(7)8;/h2-5H,1H3,(H,7,8);/q;+1/p-1. The summed E-state index contributed by atoms with van der Waals surface area (Å²) in [7, 11) is 0. The molecule has 0 aliphatic rings. The molecule has 0 saturated carbocycles. The van der Waals surface area contributed by atoms with Gasteiger partial charge < -0.3 is 9.90 Å². The molecule has 0 bridgehead atoms. The van der Waals surface area contributed by atoms with Gasteiger partial charge in [-0.1, -0.05) is 18.2 Å². The Kier molecular flexibility index (Phi) is 12.7. The van der Waals surface area contributed by atoms with Gasteiger partial charge in [-0.25, -0.2) is 0 Å². The molecular formula is C6H7CsO2. The topological polar surface area (TPSA) is 40.1 Å². The fourth-order valence-electron chi connectivity index (χ4n) is 0.245. The number of carboxylic acid groups (broad SMARTS) is 1. The van der Waals surface area contributed by atoms with Crippen molar-refractivity contribution in [3.8, 4) is 0 Å². The Balaban J connectivity index is 0. The predicted octanol–water partition coefficient (Wildman–Crippen LogP) is -3.13. The normalized spacial score (nSPS) is 9.89. The molecule has 0 aromatic heterocycles. The van der Waals surface area contributed by atoms with Crippen molar-refractivity contribution >= 4 is 5.97 Å². The van der Waals surface area contributed by atoms with Gasteiger partial charge in [-0.2, -0.15) is 0 Å². The molecule has 2 nitrogen and oxygen atoms in total. The Morgan fingerprint density at radius 3 is 2.33 bits per heavy atom. The van der Waals surface area contributed by atoms with Crippen LogP contribution in [0, 0.1) is 0 Å². The zero-order valence-electron chi connectivity index (χ0n) is 5.63. The van der Waals surface area contributed by atoms with Gasteiger partial charge in [0, 0.05) is 0 Å². The third-order valence-electron chi connectivity index (χ3n) is 0.536. The minimum absolute atomic E-state index is 0. The Bertz CT molecular complexity index is 127. The smallest absolute Gasteiger partial charge is 0.545 e. The van der Waals surface area contributed by atoms with Crippen molar-refractivity contribution in [3.05, 3.63) is 24.3 Å². The zero-order chi connectivity index (χ0) is 6.41. The average Bonchev–Trinajstić information content (AvgIpc) is 1.66. The molecule has 0 aromatic rings. The summed E-state index contributed by atoms with van der Waals surface area (Å²) in [5, 5.41) is 9.64. The summed E-state index contributed by atoms with van der Waals surface area (Å²) in [6, 6.07) is 0. The van der Waals surface area contributed by atoms with E-state index in [0.29, 0.717) is 0 Å². The Hall–Kier alpha value is 1.00. The van der Waals surface area contributed by atoms with Crippen molar-refractivity contribution in [2.24, 2.45) is 0 Å². The van der Waals surface area contributed by atoms with Crippen molar-refractivity contribution in [1.29, 1.82) is 0 Å². The van der Waals surface area contributed by atoms with E-state index in [0.717, 1.165) is 6.08 Å². The van der Waals surface area contributed by atoms with Gasteiger partial charge in [0.2, 0.25) is 0 Å². The Morgan fingerprint density at radius 1 is 1.44 bits per heavy atom. The van der Waals surface area contributed by atoms with E-state index in [-0.39, 0.29) is 68.9 Å². The van der Waals surface area contributed by atoms with Crippen LogP contribution >= 0.6 is 0 Å². The Morgan fingerprint density at radius 2 is 2.00 bits per heavy atom. The van der Waals surface area contributed by atoms with Crippen LogP contribution in [0.3, 0.4) is 0 Å². The van der Waals surface area contributed by atoms with E-state index in [4.69, 9.17) is 0 Å². The molecule has 0 spiro atoms. The van der Waals surface area contributed by atoms with Crippen LogP contribution in [0.15, 0.2) is 24.3 Å². The van der Waals surface area contributed by atoms with Gasteiger partial charge in [-0.15, -0.1) is 0 Å². The van der Waals surface area contributed by atoms with E-state index in [1.807, 2.05) is 0 Å². The number of hydrogen-bond acceptors (Lipinski definition) is 2. The largest absolute Gasteiger partial charge is 1.00 e. The molecule has 0 amide bonds. The first-order chi connectivity index (χ1) is 3.77. The SMILES string of the molecule is CC=CC=CC(=O)[O-].[Cs+]. The van der Waals surface area contributed by atoms with E-state index >= 15 is 0 Å². The molecule has 0 unspecified atom stereocenters. The fraction of sp³-hybridized carbons (Fsp3) is 0.167. The summed E-state index contributed by atoms with van der Waals surface area (Å²) in [5.74, 6) is -1.16. The van der Waals surface area contributed by atoms with Crippen LogP contribution in [0.4, 0.5) is 0 Å². The van der Waals surface area contributed by atoms with Crippen molar-refractivity contribution in [3.63, 3.8) is 0 Å². The van der Waals surface area contributed by atoms with E-state index in [9.17, 15) is 9.90 Å². The minimum Gasteiger partial charge on any atom is -0.545 e. The maximum absolute atomic E-state index is 9.64. The molecule has 0 rings (SSSR count). The van der Waals surface area contributed by atoms with Crippen molar-refractivity contribution in [2.75, 3.05) is 0 Å². The molecule has 0 N–H and O–H groups in total. The summed E-state index contributed by atoms with van der Waals surface area (Å²) in [6.45, 7) is 1.81. The third-order valence-corrected chi connectivity index (χ3v) is 0.536. The van der Waals surface area contributed by atoms with Crippen LogP contribution in [0.5, 0.6) is 0 Å². The van der Waals surface area contributed by atoms with Gasteiger partial charge in [0.05, 0.1) is 5.97 Å². The molecule has 0 aliphatic heterocycles. The second-order valence-electron chi connectivity index (χ2n) is 1.20. The van der Waals surface area contributed by atoms with E-state index in [1.165, 1.54) is 6.08 Å². The van der Waals surface area contributed by atoms with Crippen LogP contribution in [0.25, 0.3) is 0 Å². The molecule has 0 fully saturated rings. The number of carbonyl (C=O) groups excluding carboxylic acids is 1. The molecule has 9 heavy (non-hydrogen) atoms. The number of allylic oxidation sites excluding steroid dienone is 3. The number of hydrogen-bond donors (Lipinski definition) is 0. The number of aliphatic carboxylic acids is 1. The van der Waals surface area contributed by atoms with Gasteiger partial charge in [0.15, 0.2) is 0 Å². The van der Waals surface area contributed by atoms with Gasteiger partial charge in [-0.3, -0.25) is 0 Å². The van der Waals surface area contributed by atoms with Gasteiger partial charge >= 0.3 is 68.9 Å². The summed E-state index contributed by atoms with van der Waals surface area (Å²) >= 11 is 0. The van der Waals surface area contributed by atoms with Gasteiger partial charge in [-0.05, 0) is 13.0 Å². The summed E-state index contributed by atoms with van der Waals surface area (Å²) in [6.07, 6.45) is 5.74. The van der Waals surface area contributed by atoms with Crippen molar-refractivity contribution < 1.29 is 78.8 Å². The summed E-state index contributed by atoms with van der Waals surface area (Å²) in [5.41, 5.74) is 0. The average molecular weight is 244 g/mol. The van der Waals surface area contributed by atoms with Crippen LogP contribution in [-0.2, 0) is 4.79 Å². The fourth-order valence-corrected chi connectivity index (χ4v) is 0.245. The van der Waals surface area contributed by atoms with Crippen LogP contribution in [0.1, 0.15) is 6.92 Å². The monoisotopic (exact) mass is 244 g/mol. The minimum atomic E-state index is -1.16. The third kappa shape index (κ3) is 12.3. The first-order valence-electron chi connectivity index (χ1n) is 2.27. The van der Waals surface area contributed by atoms with Gasteiger partial charge in [0.25, 0.3) is 0 Å². The van der Waals surface area contributed by atoms with E-state index in [2.05, 4.69) is 0 Å². The molecule has 0 heterocycles. The molecule has 0 saturated heterocycles. The number of carbonyl (C=O) groups is 1. The molecule has 0 aliphatic carbocycles. The van der Waals surface area contributed by atoms with Crippen LogP contribution < -0.4 is 74.0 Å². The number of carboxylic acids is 1. The Labute approximate surface area is 113 Å². The first kappa shape index (κ1) is 12.7. The summed E-state index contributed by atoms with van der Waals surface area (Å²) in [4.78, 5) is 9.64. The van der Waals surface area contributed by atoms with E-state index in [1.54, 1.807) is 19.1 Å². The molecule has 0 atom stereocenters. The maximum atomic E-state index is 9.64. The predicted molar refractivity (Wildman–Crippen MR) is 29.0 cm³/mol. The molecule has 0 aromatic carbocycles. The van der Waals surface area contributed by atoms with E-state index < -0.39 is 5.97 Å². The molecular weight excluding hydrogens is 237 g/mol. The second-order valence-corrected chi connectivity index (χ2v) is 1.20. The van der Waals surface area contributed by atoms with Crippen LogP contribution in [-0.4, -0.2) is 5.97 Å². The summed E-state index contributed by atoms with van der Waals surface area (Å²) < 4.78 is 0. The second kappa shape index (κ2) is 9.00. The molecule has 0 radical (unpaired) electrons. The quantitative estimate of drug-likeness (QED) is 0.380. The molecule has 44 valence electrons. The van der Waals surface area contributed by atoms with Crippen molar-refractivity contribution in [1.82, 2.24) is 0 Å². The zero-order valence-corrected chi connectivity index (χ0v) is 11.9. The van der Waals surface area contributed by atoms with Gasteiger partial charge in [0.1, 0.15) is 0 Å².